The van der Waals surface area contributed by atoms with Crippen molar-refractivity contribution in [2.24, 2.45) is 5.92 Å². The minimum absolute atomic E-state index is 0.0208. The van der Waals surface area contributed by atoms with E-state index in [1.54, 1.807) is 0 Å². The van der Waals surface area contributed by atoms with Crippen molar-refractivity contribution in [2.45, 2.75) is 33.7 Å². The Kier molecular flexibility index (Phi) is 4.89. The van der Waals surface area contributed by atoms with Gasteiger partial charge in [-0.25, -0.2) is 0 Å². The summed E-state index contributed by atoms with van der Waals surface area (Å²) >= 11 is 0. The van der Waals surface area contributed by atoms with Gasteiger partial charge < -0.3 is 10.6 Å². The number of anilines is 1. The Morgan fingerprint density at radius 3 is 2.39 bits per heavy atom. The zero-order valence-electron chi connectivity index (χ0n) is 11.3. The van der Waals surface area contributed by atoms with Crippen LogP contribution < -0.4 is 10.6 Å². The fraction of sp³-hybridized carbons (Fsp3) is 0.429. The average molecular weight is 248 g/mol. The van der Waals surface area contributed by atoms with Gasteiger partial charge in [0.2, 0.25) is 11.8 Å². The van der Waals surface area contributed by atoms with Gasteiger partial charge in [0.15, 0.2) is 0 Å². The predicted octanol–water partition coefficient (Wildman–Crippen LogP) is 2.48. The molecule has 0 heterocycles. The number of benzene rings is 1. The van der Waals surface area contributed by atoms with Crippen LogP contribution in [0.25, 0.3) is 0 Å². The topological polar surface area (TPSA) is 58.2 Å². The second kappa shape index (κ2) is 6.19. The van der Waals surface area contributed by atoms with Crippen molar-refractivity contribution in [3.63, 3.8) is 0 Å². The van der Waals surface area contributed by atoms with Gasteiger partial charge in [0.1, 0.15) is 0 Å². The molecule has 2 amide bonds. The van der Waals surface area contributed by atoms with Gasteiger partial charge in [0.25, 0.3) is 0 Å². The second-order valence-electron chi connectivity index (χ2n) is 4.69. The van der Waals surface area contributed by atoms with Crippen LogP contribution in [0.2, 0.25) is 0 Å². The highest BCUT2D eigenvalue weighted by Crippen LogP contribution is 2.17. The molecule has 0 spiro atoms. The van der Waals surface area contributed by atoms with Gasteiger partial charge >= 0.3 is 0 Å². The van der Waals surface area contributed by atoms with Crippen molar-refractivity contribution in [3.8, 4) is 0 Å². The van der Waals surface area contributed by atoms with Gasteiger partial charge in [0, 0.05) is 18.5 Å². The lowest BCUT2D eigenvalue weighted by molar-refractivity contribution is -0.124. The summed E-state index contributed by atoms with van der Waals surface area (Å²) in [5.74, 6) is -0.121. The summed E-state index contributed by atoms with van der Waals surface area (Å²) in [7, 11) is 0. The van der Waals surface area contributed by atoms with Gasteiger partial charge in [-0.3, -0.25) is 9.59 Å². The van der Waals surface area contributed by atoms with Gasteiger partial charge in [-0.1, -0.05) is 26.0 Å². The monoisotopic (exact) mass is 248 g/mol. The van der Waals surface area contributed by atoms with Crippen molar-refractivity contribution in [1.82, 2.24) is 5.32 Å². The summed E-state index contributed by atoms with van der Waals surface area (Å²) in [5.41, 5.74) is 1.71. The molecular formula is C14H20N2O2. The third-order valence-electron chi connectivity index (χ3n) is 2.59. The SMILES string of the molecule is CC(=O)Nc1cccc(C(C)NC(=O)C(C)C)c1. The van der Waals surface area contributed by atoms with Gasteiger partial charge in [-0.05, 0) is 24.6 Å². The summed E-state index contributed by atoms with van der Waals surface area (Å²) in [6.07, 6.45) is 0. The number of amides is 2. The molecule has 4 nitrogen and oxygen atoms in total. The first-order valence-corrected chi connectivity index (χ1v) is 6.08. The Bertz CT molecular complexity index is 441. The largest absolute Gasteiger partial charge is 0.349 e. The molecule has 0 saturated heterocycles. The predicted molar refractivity (Wildman–Crippen MR) is 72.1 cm³/mol. The first-order valence-electron chi connectivity index (χ1n) is 6.08. The summed E-state index contributed by atoms with van der Waals surface area (Å²) in [5, 5.41) is 5.65. The van der Waals surface area contributed by atoms with Crippen molar-refractivity contribution < 1.29 is 9.59 Å². The Balaban J connectivity index is 2.76. The van der Waals surface area contributed by atoms with E-state index in [4.69, 9.17) is 0 Å². The van der Waals surface area contributed by atoms with E-state index in [9.17, 15) is 9.59 Å². The maximum atomic E-state index is 11.6. The molecule has 1 rings (SSSR count). The maximum absolute atomic E-state index is 11.6. The zero-order valence-corrected chi connectivity index (χ0v) is 11.3. The third-order valence-corrected chi connectivity index (χ3v) is 2.59. The molecule has 0 aliphatic carbocycles. The molecule has 0 aliphatic heterocycles. The second-order valence-corrected chi connectivity index (χ2v) is 4.69. The van der Waals surface area contributed by atoms with E-state index in [2.05, 4.69) is 10.6 Å². The van der Waals surface area contributed by atoms with Crippen LogP contribution in [0.15, 0.2) is 24.3 Å². The highest BCUT2D eigenvalue weighted by molar-refractivity contribution is 5.88. The minimum atomic E-state index is -0.106. The van der Waals surface area contributed by atoms with Crippen LogP contribution in [-0.2, 0) is 9.59 Å². The normalized spacial score (nSPS) is 12.1. The van der Waals surface area contributed by atoms with Crippen LogP contribution in [0, 0.1) is 5.92 Å². The molecule has 1 atom stereocenters. The molecule has 18 heavy (non-hydrogen) atoms. The van der Waals surface area contributed by atoms with E-state index < -0.39 is 0 Å². The number of carbonyl (C=O) groups is 2. The van der Waals surface area contributed by atoms with Crippen molar-refractivity contribution in [3.05, 3.63) is 29.8 Å². The van der Waals surface area contributed by atoms with Gasteiger partial charge in [-0.2, -0.15) is 0 Å². The molecule has 0 aromatic heterocycles. The molecule has 2 N–H and O–H groups in total. The van der Waals surface area contributed by atoms with Gasteiger partial charge in [0.05, 0.1) is 6.04 Å². The molecule has 0 aliphatic rings. The van der Waals surface area contributed by atoms with E-state index in [0.717, 1.165) is 11.3 Å². The first kappa shape index (κ1) is 14.2. The van der Waals surface area contributed by atoms with Crippen LogP contribution in [0.1, 0.15) is 39.3 Å². The number of carbonyl (C=O) groups excluding carboxylic acids is 2. The lowest BCUT2D eigenvalue weighted by Gasteiger charge is -2.16. The standard InChI is InChI=1S/C14H20N2O2/c1-9(2)14(18)15-10(3)12-6-5-7-13(8-12)16-11(4)17/h5-10H,1-4H3,(H,15,18)(H,16,17). The Morgan fingerprint density at radius 2 is 1.83 bits per heavy atom. The van der Waals surface area contributed by atoms with Crippen LogP contribution in [0.3, 0.4) is 0 Å². The Labute approximate surface area is 108 Å². The Morgan fingerprint density at radius 1 is 1.17 bits per heavy atom. The quantitative estimate of drug-likeness (QED) is 0.860. The molecular weight excluding hydrogens is 228 g/mol. The molecule has 1 aromatic rings. The number of hydrogen-bond acceptors (Lipinski definition) is 2. The van der Waals surface area contributed by atoms with E-state index in [1.165, 1.54) is 6.92 Å². The first-order chi connectivity index (χ1) is 8.40. The molecule has 1 unspecified atom stereocenters. The number of rotatable bonds is 4. The van der Waals surface area contributed by atoms with Crippen LogP contribution in [0.5, 0.6) is 0 Å². The van der Waals surface area contributed by atoms with Crippen LogP contribution in [-0.4, -0.2) is 11.8 Å². The van der Waals surface area contributed by atoms with E-state index >= 15 is 0 Å². The summed E-state index contributed by atoms with van der Waals surface area (Å²) in [6, 6.07) is 7.40. The van der Waals surface area contributed by atoms with Crippen molar-refractivity contribution in [1.29, 1.82) is 0 Å². The van der Waals surface area contributed by atoms with E-state index in [0.29, 0.717) is 0 Å². The van der Waals surface area contributed by atoms with E-state index in [-0.39, 0.29) is 23.8 Å². The lowest BCUT2D eigenvalue weighted by Crippen LogP contribution is -2.30. The van der Waals surface area contributed by atoms with Crippen molar-refractivity contribution in [2.75, 3.05) is 5.32 Å². The number of hydrogen-bond donors (Lipinski definition) is 2. The summed E-state index contributed by atoms with van der Waals surface area (Å²) < 4.78 is 0. The van der Waals surface area contributed by atoms with Crippen LogP contribution >= 0.6 is 0 Å². The highest BCUT2D eigenvalue weighted by Gasteiger charge is 2.12. The van der Waals surface area contributed by atoms with Gasteiger partial charge in [-0.15, -0.1) is 0 Å². The smallest absolute Gasteiger partial charge is 0.223 e. The maximum Gasteiger partial charge on any atom is 0.223 e. The molecule has 4 heteroatoms. The van der Waals surface area contributed by atoms with E-state index in [1.807, 2.05) is 45.0 Å². The molecule has 0 radical (unpaired) electrons. The lowest BCUT2D eigenvalue weighted by atomic mass is 10.1. The Hall–Kier alpha value is -1.84. The molecule has 0 fully saturated rings. The fourth-order valence-corrected chi connectivity index (χ4v) is 1.55. The molecule has 0 saturated carbocycles. The third kappa shape index (κ3) is 4.20. The van der Waals surface area contributed by atoms with Crippen molar-refractivity contribution >= 4 is 17.5 Å². The average Bonchev–Trinajstić information content (AvgIpc) is 2.28. The zero-order chi connectivity index (χ0) is 13.7. The fourth-order valence-electron chi connectivity index (χ4n) is 1.55. The highest BCUT2D eigenvalue weighted by atomic mass is 16.2. The number of nitrogens with one attached hydrogen (secondary N) is 2. The van der Waals surface area contributed by atoms with Crippen LogP contribution in [0.4, 0.5) is 5.69 Å². The molecule has 98 valence electrons. The molecule has 1 aromatic carbocycles. The summed E-state index contributed by atoms with van der Waals surface area (Å²) in [6.45, 7) is 7.11. The summed E-state index contributed by atoms with van der Waals surface area (Å²) in [4.78, 5) is 22.6. The minimum Gasteiger partial charge on any atom is -0.349 e. The molecule has 0 bridgehead atoms.